The van der Waals surface area contributed by atoms with Gasteiger partial charge in [0.05, 0.1) is 41.2 Å². The van der Waals surface area contributed by atoms with Gasteiger partial charge in [0.25, 0.3) is 5.91 Å². The van der Waals surface area contributed by atoms with Gasteiger partial charge in [0.2, 0.25) is 0 Å². The van der Waals surface area contributed by atoms with E-state index in [4.69, 9.17) is 9.47 Å². The van der Waals surface area contributed by atoms with Crippen LogP contribution in [-0.2, 0) is 22.5 Å². The second-order valence-electron chi connectivity index (χ2n) is 7.01. The van der Waals surface area contributed by atoms with Crippen LogP contribution in [0.15, 0.2) is 47.8 Å². The van der Waals surface area contributed by atoms with Crippen LogP contribution < -0.4 is 9.64 Å². The molecule has 4 rings (SSSR count). The van der Waals surface area contributed by atoms with Crippen LogP contribution in [0, 0.1) is 11.3 Å². The van der Waals surface area contributed by atoms with E-state index in [2.05, 4.69) is 11.1 Å². The van der Waals surface area contributed by atoms with Crippen molar-refractivity contribution in [1.29, 1.82) is 5.26 Å². The number of fused-ring (bicyclic) bond motifs is 1. The Kier molecular flexibility index (Phi) is 5.79. The second-order valence-corrected chi connectivity index (χ2v) is 7.95. The molecule has 1 aromatic heterocycles. The Hall–Kier alpha value is -3.21. The van der Waals surface area contributed by atoms with Gasteiger partial charge in [0.15, 0.2) is 6.10 Å². The maximum Gasteiger partial charge on any atom is 0.268 e. The van der Waals surface area contributed by atoms with Gasteiger partial charge in [-0.2, -0.15) is 5.26 Å². The lowest BCUT2D eigenvalue weighted by molar-refractivity contribution is -0.125. The summed E-state index contributed by atoms with van der Waals surface area (Å²) in [6.45, 7) is 2.68. The number of rotatable bonds is 6. The summed E-state index contributed by atoms with van der Waals surface area (Å²) in [7, 11) is 1.68. The zero-order chi connectivity index (χ0) is 21.1. The highest BCUT2D eigenvalue weighted by atomic mass is 32.1. The lowest BCUT2D eigenvalue weighted by Gasteiger charge is -2.33. The zero-order valence-corrected chi connectivity index (χ0v) is 17.6. The number of hydrogen-bond donors (Lipinski definition) is 0. The average molecular weight is 420 g/mol. The fourth-order valence-corrected chi connectivity index (χ4v) is 4.20. The predicted octanol–water partition coefficient (Wildman–Crippen LogP) is 4.18. The van der Waals surface area contributed by atoms with E-state index in [0.717, 1.165) is 28.2 Å². The number of anilines is 1. The molecule has 0 saturated heterocycles. The minimum absolute atomic E-state index is 0.133. The van der Waals surface area contributed by atoms with E-state index in [-0.39, 0.29) is 5.91 Å². The fourth-order valence-electron chi connectivity index (χ4n) is 3.41. The minimum Gasteiger partial charge on any atom is -0.479 e. The Balaban J connectivity index is 1.70. The molecule has 1 aliphatic rings. The molecule has 0 saturated carbocycles. The van der Waals surface area contributed by atoms with Gasteiger partial charge in [-0.05, 0) is 36.8 Å². The third-order valence-corrected chi connectivity index (χ3v) is 5.91. The summed E-state index contributed by atoms with van der Waals surface area (Å²) in [5.41, 5.74) is 3.82. The average Bonchev–Trinajstić information content (AvgIpc) is 3.24. The van der Waals surface area contributed by atoms with E-state index in [0.29, 0.717) is 30.2 Å². The summed E-state index contributed by atoms with van der Waals surface area (Å²) in [6.07, 6.45) is 0.181. The van der Waals surface area contributed by atoms with Gasteiger partial charge in [-0.3, -0.25) is 4.79 Å². The number of nitriles is 1. The first-order valence-corrected chi connectivity index (χ1v) is 10.5. The summed E-state index contributed by atoms with van der Waals surface area (Å²) in [4.78, 5) is 19.3. The van der Waals surface area contributed by atoms with Crippen LogP contribution in [0.3, 0.4) is 0 Å². The molecular formula is C23H21N3O3S. The maximum absolute atomic E-state index is 13.0. The van der Waals surface area contributed by atoms with Crippen LogP contribution in [0.4, 0.5) is 5.69 Å². The monoisotopic (exact) mass is 419 g/mol. The van der Waals surface area contributed by atoms with E-state index in [1.807, 2.05) is 41.8 Å². The first kappa shape index (κ1) is 20.1. The molecule has 0 aliphatic carbocycles. The number of benzene rings is 2. The van der Waals surface area contributed by atoms with E-state index in [1.54, 1.807) is 36.3 Å². The standard InChI is InChI=1S/C23H21N3O3S/c1-15-23(27)26(13-18-6-4-3-5-17(18)12-24)20-11-16(7-8-21(20)29-15)19-14-30-22(25-19)9-10-28-2/h3-8,11,14-15H,9-10,13H2,1-2H3. The molecule has 1 amide bonds. The van der Waals surface area contributed by atoms with Gasteiger partial charge >= 0.3 is 0 Å². The lowest BCUT2D eigenvalue weighted by Crippen LogP contribution is -2.44. The quantitative estimate of drug-likeness (QED) is 0.599. The first-order chi connectivity index (χ1) is 14.6. The summed E-state index contributed by atoms with van der Waals surface area (Å²) < 4.78 is 11.0. The van der Waals surface area contributed by atoms with Gasteiger partial charge in [0.1, 0.15) is 5.75 Å². The lowest BCUT2D eigenvalue weighted by atomic mass is 10.0. The van der Waals surface area contributed by atoms with E-state index in [9.17, 15) is 10.1 Å². The molecule has 30 heavy (non-hydrogen) atoms. The van der Waals surface area contributed by atoms with Crippen molar-refractivity contribution in [2.24, 2.45) is 0 Å². The Morgan fingerprint density at radius 2 is 2.13 bits per heavy atom. The van der Waals surface area contributed by atoms with Crippen LogP contribution in [0.5, 0.6) is 5.75 Å². The number of methoxy groups -OCH3 is 1. The third-order valence-electron chi connectivity index (χ3n) is 5.00. The first-order valence-electron chi connectivity index (χ1n) is 9.64. The van der Waals surface area contributed by atoms with E-state index in [1.165, 1.54) is 0 Å². The van der Waals surface area contributed by atoms with E-state index < -0.39 is 6.10 Å². The molecule has 152 valence electrons. The number of thiazole rings is 1. The zero-order valence-electron chi connectivity index (χ0n) is 16.8. The number of carbonyl (C=O) groups is 1. The highest BCUT2D eigenvalue weighted by Gasteiger charge is 2.32. The Bertz CT molecular complexity index is 1120. The molecule has 0 spiro atoms. The summed E-state index contributed by atoms with van der Waals surface area (Å²) in [5.74, 6) is 0.515. The molecule has 1 aliphatic heterocycles. The molecule has 0 radical (unpaired) electrons. The normalized spacial score (nSPS) is 15.4. The molecule has 6 nitrogen and oxygen atoms in total. The second kappa shape index (κ2) is 8.66. The molecule has 0 N–H and O–H groups in total. The van der Waals surface area contributed by atoms with Crippen LogP contribution in [0.2, 0.25) is 0 Å². The summed E-state index contributed by atoms with van der Waals surface area (Å²) >= 11 is 1.59. The van der Waals surface area contributed by atoms with Gasteiger partial charge in [-0.1, -0.05) is 18.2 Å². The van der Waals surface area contributed by atoms with Crippen molar-refractivity contribution in [3.05, 3.63) is 64.0 Å². The van der Waals surface area contributed by atoms with Crippen molar-refractivity contribution in [3.8, 4) is 23.1 Å². The fraction of sp³-hybridized carbons (Fsp3) is 0.261. The van der Waals surface area contributed by atoms with E-state index >= 15 is 0 Å². The third kappa shape index (κ3) is 3.92. The molecular weight excluding hydrogens is 398 g/mol. The van der Waals surface area contributed by atoms with Gasteiger partial charge in [-0.25, -0.2) is 4.98 Å². The Labute approximate surface area is 179 Å². The maximum atomic E-state index is 13.0. The molecule has 0 bridgehead atoms. The van der Waals surface area contributed by atoms with Crippen molar-refractivity contribution in [3.63, 3.8) is 0 Å². The number of carbonyl (C=O) groups excluding carboxylic acids is 1. The van der Waals surface area contributed by atoms with Crippen LogP contribution in [-0.4, -0.2) is 30.7 Å². The largest absolute Gasteiger partial charge is 0.479 e. The van der Waals surface area contributed by atoms with Crippen molar-refractivity contribution in [2.75, 3.05) is 18.6 Å². The number of ether oxygens (including phenoxy) is 2. The Morgan fingerprint density at radius 3 is 2.93 bits per heavy atom. The highest BCUT2D eigenvalue weighted by molar-refractivity contribution is 7.09. The highest BCUT2D eigenvalue weighted by Crippen LogP contribution is 2.38. The molecule has 2 heterocycles. The molecule has 1 atom stereocenters. The van der Waals surface area contributed by atoms with Crippen molar-refractivity contribution in [2.45, 2.75) is 26.0 Å². The SMILES string of the molecule is COCCc1nc(-c2ccc3c(c2)N(Cc2ccccc2C#N)C(=O)C(C)O3)cs1. The van der Waals surface area contributed by atoms with Crippen LogP contribution >= 0.6 is 11.3 Å². The van der Waals surface area contributed by atoms with Gasteiger partial charge in [-0.15, -0.1) is 11.3 Å². The minimum atomic E-state index is -0.586. The number of aromatic nitrogens is 1. The van der Waals surface area contributed by atoms with Crippen LogP contribution in [0.25, 0.3) is 11.3 Å². The Morgan fingerprint density at radius 1 is 1.30 bits per heavy atom. The molecule has 3 aromatic rings. The summed E-state index contributed by atoms with van der Waals surface area (Å²) in [5, 5.41) is 12.4. The van der Waals surface area contributed by atoms with Gasteiger partial charge in [0, 0.05) is 24.5 Å². The smallest absolute Gasteiger partial charge is 0.268 e. The number of hydrogen-bond acceptors (Lipinski definition) is 6. The predicted molar refractivity (Wildman–Crippen MR) is 116 cm³/mol. The van der Waals surface area contributed by atoms with Crippen molar-refractivity contribution < 1.29 is 14.3 Å². The molecule has 0 fully saturated rings. The number of nitrogens with zero attached hydrogens (tertiary/aromatic N) is 3. The van der Waals surface area contributed by atoms with Crippen molar-refractivity contribution in [1.82, 2.24) is 4.98 Å². The van der Waals surface area contributed by atoms with Gasteiger partial charge < -0.3 is 14.4 Å². The van der Waals surface area contributed by atoms with Crippen molar-refractivity contribution >= 4 is 22.9 Å². The van der Waals surface area contributed by atoms with Crippen LogP contribution in [0.1, 0.15) is 23.1 Å². The summed E-state index contributed by atoms with van der Waals surface area (Å²) in [6, 6.07) is 15.3. The molecule has 1 unspecified atom stereocenters. The number of amides is 1. The molecule has 7 heteroatoms. The molecule has 2 aromatic carbocycles. The topological polar surface area (TPSA) is 75.5 Å².